The van der Waals surface area contributed by atoms with Gasteiger partial charge in [-0.1, -0.05) is 19.0 Å². The van der Waals surface area contributed by atoms with Crippen molar-refractivity contribution in [3.05, 3.63) is 35.2 Å². The summed E-state index contributed by atoms with van der Waals surface area (Å²) in [5, 5.41) is 3.93. The number of rotatable bonds is 6. The second-order valence-corrected chi connectivity index (χ2v) is 5.71. The van der Waals surface area contributed by atoms with E-state index in [1.807, 2.05) is 20.8 Å². The first-order valence-corrected chi connectivity index (χ1v) is 7.51. The number of aromatic nitrogens is 3. The molecule has 0 aliphatic rings. The highest BCUT2D eigenvalue weighted by atomic mass is 16.5. The topological polar surface area (TPSA) is 81.4 Å². The average molecular weight is 318 g/mol. The molecule has 0 saturated heterocycles. The minimum atomic E-state index is -0.125. The summed E-state index contributed by atoms with van der Waals surface area (Å²) in [5.74, 6) is 1.75. The van der Waals surface area contributed by atoms with E-state index >= 15 is 0 Å². The van der Waals surface area contributed by atoms with E-state index in [9.17, 15) is 4.79 Å². The first kappa shape index (κ1) is 16.9. The van der Waals surface area contributed by atoms with E-state index in [-0.39, 0.29) is 11.8 Å². The van der Waals surface area contributed by atoms with Crippen LogP contribution >= 0.6 is 0 Å². The minimum absolute atomic E-state index is 0.125. The molecule has 23 heavy (non-hydrogen) atoms. The molecule has 0 atom stereocenters. The lowest BCUT2D eigenvalue weighted by Gasteiger charge is -2.18. The summed E-state index contributed by atoms with van der Waals surface area (Å²) < 4.78 is 10.4. The van der Waals surface area contributed by atoms with Crippen LogP contribution in [-0.4, -0.2) is 46.6 Å². The van der Waals surface area contributed by atoms with Crippen molar-refractivity contribution >= 4 is 5.91 Å². The molecule has 124 valence electrons. The molecule has 0 N–H and O–H groups in total. The van der Waals surface area contributed by atoms with Crippen LogP contribution in [0.15, 0.2) is 16.8 Å². The largest absolute Gasteiger partial charge is 0.494 e. The van der Waals surface area contributed by atoms with Crippen LogP contribution in [0, 0.1) is 6.92 Å². The third-order valence-electron chi connectivity index (χ3n) is 3.45. The highest BCUT2D eigenvalue weighted by Crippen LogP contribution is 2.19. The van der Waals surface area contributed by atoms with Crippen LogP contribution < -0.4 is 4.74 Å². The Morgan fingerprint density at radius 2 is 2.17 bits per heavy atom. The van der Waals surface area contributed by atoms with Gasteiger partial charge >= 0.3 is 0 Å². The highest BCUT2D eigenvalue weighted by Gasteiger charge is 2.18. The fraction of sp³-hybridized carbons (Fsp3) is 0.500. The summed E-state index contributed by atoms with van der Waals surface area (Å²) in [6, 6.07) is 1.73. The lowest BCUT2D eigenvalue weighted by atomic mass is 10.2. The summed E-state index contributed by atoms with van der Waals surface area (Å²) >= 11 is 0. The summed E-state index contributed by atoms with van der Waals surface area (Å²) in [6.07, 6.45) is 2.09. The normalized spacial score (nSPS) is 10.9. The molecule has 0 aromatic carbocycles. The van der Waals surface area contributed by atoms with Crippen molar-refractivity contribution in [3.8, 4) is 5.75 Å². The summed E-state index contributed by atoms with van der Waals surface area (Å²) in [7, 11) is 3.26. The summed E-state index contributed by atoms with van der Waals surface area (Å²) in [6.45, 7) is 6.30. The van der Waals surface area contributed by atoms with Crippen LogP contribution in [0.4, 0.5) is 0 Å². The van der Waals surface area contributed by atoms with Crippen molar-refractivity contribution in [2.24, 2.45) is 0 Å². The van der Waals surface area contributed by atoms with Crippen LogP contribution in [-0.2, 0) is 6.42 Å². The molecule has 7 nitrogen and oxygen atoms in total. The number of ether oxygens (including phenoxy) is 1. The van der Waals surface area contributed by atoms with Crippen molar-refractivity contribution in [3.63, 3.8) is 0 Å². The Morgan fingerprint density at radius 1 is 1.43 bits per heavy atom. The van der Waals surface area contributed by atoms with E-state index in [1.165, 1.54) is 7.11 Å². The second-order valence-electron chi connectivity index (χ2n) is 5.71. The molecule has 2 aromatic rings. The van der Waals surface area contributed by atoms with E-state index in [0.717, 1.165) is 5.69 Å². The van der Waals surface area contributed by atoms with Gasteiger partial charge in [0.05, 0.1) is 18.9 Å². The molecule has 7 heteroatoms. The molecule has 0 bridgehead atoms. The average Bonchev–Trinajstić information content (AvgIpc) is 3.01. The Balaban J connectivity index is 2.03. The highest BCUT2D eigenvalue weighted by molar-refractivity contribution is 5.96. The molecule has 0 radical (unpaired) electrons. The molecule has 2 rings (SSSR count). The van der Waals surface area contributed by atoms with E-state index in [1.54, 1.807) is 24.2 Å². The molecule has 2 aromatic heterocycles. The van der Waals surface area contributed by atoms with Crippen molar-refractivity contribution < 1.29 is 14.1 Å². The molecule has 0 aliphatic heterocycles. The van der Waals surface area contributed by atoms with Crippen molar-refractivity contribution in [2.75, 3.05) is 20.7 Å². The van der Waals surface area contributed by atoms with E-state index in [2.05, 4.69) is 15.1 Å². The van der Waals surface area contributed by atoms with Gasteiger partial charge in [0, 0.05) is 31.6 Å². The summed E-state index contributed by atoms with van der Waals surface area (Å²) in [5.41, 5.74) is 1.26. The van der Waals surface area contributed by atoms with Gasteiger partial charge in [0.1, 0.15) is 5.75 Å². The lowest BCUT2D eigenvalue weighted by Crippen LogP contribution is -2.29. The standard InChI is InChI=1S/C16H22N4O3/c1-10(2)15-18-14(19-23-15)6-7-20(4)16(21)12-8-11(3)17-9-13(12)22-5/h8-10H,6-7H2,1-5H3. The predicted molar refractivity (Wildman–Crippen MR) is 84.6 cm³/mol. The molecular formula is C16H22N4O3. The number of likely N-dealkylation sites (N-methyl/N-ethyl adjacent to an activating group) is 1. The molecule has 0 aliphatic carbocycles. The number of hydrogen-bond donors (Lipinski definition) is 0. The second kappa shape index (κ2) is 7.21. The fourth-order valence-electron chi connectivity index (χ4n) is 2.06. The Hall–Kier alpha value is -2.44. The maximum atomic E-state index is 12.6. The number of carbonyl (C=O) groups is 1. The molecular weight excluding hydrogens is 296 g/mol. The number of hydrogen-bond acceptors (Lipinski definition) is 6. The van der Waals surface area contributed by atoms with E-state index < -0.39 is 0 Å². The quantitative estimate of drug-likeness (QED) is 0.812. The molecule has 0 unspecified atom stereocenters. The molecule has 0 saturated carbocycles. The van der Waals surface area contributed by atoms with Gasteiger partial charge < -0.3 is 14.2 Å². The van der Waals surface area contributed by atoms with Crippen LogP contribution in [0.2, 0.25) is 0 Å². The molecule has 0 fully saturated rings. The molecule has 0 spiro atoms. The van der Waals surface area contributed by atoms with Crippen molar-refractivity contribution in [1.29, 1.82) is 0 Å². The number of pyridine rings is 1. The van der Waals surface area contributed by atoms with Crippen LogP contribution in [0.3, 0.4) is 0 Å². The Morgan fingerprint density at radius 3 is 2.78 bits per heavy atom. The third-order valence-corrected chi connectivity index (χ3v) is 3.45. The molecule has 2 heterocycles. The Bertz CT molecular complexity index is 682. The van der Waals surface area contributed by atoms with Crippen molar-refractivity contribution in [1.82, 2.24) is 20.0 Å². The SMILES string of the molecule is COc1cnc(C)cc1C(=O)N(C)CCc1noc(C(C)C)n1. The lowest BCUT2D eigenvalue weighted by molar-refractivity contribution is 0.0792. The first-order valence-electron chi connectivity index (χ1n) is 7.51. The van der Waals surface area contributed by atoms with Gasteiger partial charge in [-0.15, -0.1) is 0 Å². The number of aryl methyl sites for hydroxylation is 1. The van der Waals surface area contributed by atoms with E-state index in [0.29, 0.717) is 36.0 Å². The minimum Gasteiger partial charge on any atom is -0.494 e. The number of carbonyl (C=O) groups excluding carboxylic acids is 1. The van der Waals surface area contributed by atoms with Gasteiger partial charge in [-0.2, -0.15) is 4.98 Å². The van der Waals surface area contributed by atoms with Crippen LogP contribution in [0.5, 0.6) is 5.75 Å². The maximum Gasteiger partial charge on any atom is 0.257 e. The monoisotopic (exact) mass is 318 g/mol. The Labute approximate surface area is 135 Å². The van der Waals surface area contributed by atoms with E-state index in [4.69, 9.17) is 9.26 Å². The van der Waals surface area contributed by atoms with Crippen molar-refractivity contribution in [2.45, 2.75) is 33.1 Å². The molecule has 1 amide bonds. The number of amides is 1. The van der Waals surface area contributed by atoms with Crippen LogP contribution in [0.25, 0.3) is 0 Å². The van der Waals surface area contributed by atoms with Crippen LogP contribution in [0.1, 0.15) is 47.5 Å². The third kappa shape index (κ3) is 4.06. The summed E-state index contributed by atoms with van der Waals surface area (Å²) in [4.78, 5) is 22.6. The number of methoxy groups -OCH3 is 1. The Kier molecular flexibility index (Phi) is 5.31. The zero-order valence-electron chi connectivity index (χ0n) is 14.2. The van der Waals surface area contributed by atoms with Gasteiger partial charge in [0.15, 0.2) is 5.82 Å². The van der Waals surface area contributed by atoms with Gasteiger partial charge in [-0.25, -0.2) is 0 Å². The zero-order valence-corrected chi connectivity index (χ0v) is 14.2. The van der Waals surface area contributed by atoms with Gasteiger partial charge in [-0.05, 0) is 13.0 Å². The first-order chi connectivity index (χ1) is 10.9. The van der Waals surface area contributed by atoms with Gasteiger partial charge in [-0.3, -0.25) is 9.78 Å². The van der Waals surface area contributed by atoms with Gasteiger partial charge in [0.25, 0.3) is 5.91 Å². The zero-order chi connectivity index (χ0) is 17.0. The van der Waals surface area contributed by atoms with Gasteiger partial charge in [0.2, 0.25) is 5.89 Å². The smallest absolute Gasteiger partial charge is 0.257 e. The number of nitrogens with zero attached hydrogens (tertiary/aromatic N) is 4. The fourth-order valence-corrected chi connectivity index (χ4v) is 2.06. The predicted octanol–water partition coefficient (Wildman–Crippen LogP) is 2.22. The maximum absolute atomic E-state index is 12.6.